The van der Waals surface area contributed by atoms with E-state index in [2.05, 4.69) is 38.1 Å². The molecule has 2 nitrogen and oxygen atoms in total. The zero-order chi connectivity index (χ0) is 14.7. The normalized spacial score (nSPS) is 25.3. The van der Waals surface area contributed by atoms with Gasteiger partial charge < -0.3 is 9.47 Å². The Balaban J connectivity index is 1.49. The maximum absolute atomic E-state index is 6.29. The highest BCUT2D eigenvalue weighted by atomic mass is 16.6. The smallest absolute Gasteiger partial charge is 0.119 e. The average Bonchev–Trinajstić information content (AvgIpc) is 3.15. The standard InChI is InChI=1S/C19H28O2/c1-3-15(2)16-6-8-17(9-7-16)20-14-18-10-13-19(21-18)11-4-5-12-19/h6-9,15,18H,3-5,10-14H2,1-2H3. The van der Waals surface area contributed by atoms with Crippen molar-refractivity contribution in [3.05, 3.63) is 29.8 Å². The Bertz CT molecular complexity index is 445. The zero-order valence-corrected chi connectivity index (χ0v) is 13.4. The lowest BCUT2D eigenvalue weighted by Crippen LogP contribution is -2.27. The Labute approximate surface area is 128 Å². The highest BCUT2D eigenvalue weighted by Gasteiger charge is 2.42. The first-order chi connectivity index (χ1) is 10.2. The maximum atomic E-state index is 6.29. The van der Waals surface area contributed by atoms with Crippen LogP contribution in [-0.4, -0.2) is 18.3 Å². The lowest BCUT2D eigenvalue weighted by Gasteiger charge is -2.23. The lowest BCUT2D eigenvalue weighted by molar-refractivity contribution is -0.0508. The molecule has 2 fully saturated rings. The van der Waals surface area contributed by atoms with Crippen molar-refractivity contribution in [2.24, 2.45) is 0 Å². The molecular weight excluding hydrogens is 260 g/mol. The molecule has 2 heteroatoms. The molecule has 1 spiro atoms. The largest absolute Gasteiger partial charge is 0.491 e. The predicted octanol–water partition coefficient (Wildman–Crippen LogP) is 5.07. The lowest BCUT2D eigenvalue weighted by atomic mass is 9.98. The minimum atomic E-state index is 0.217. The van der Waals surface area contributed by atoms with E-state index in [0.717, 1.165) is 12.2 Å². The maximum Gasteiger partial charge on any atom is 0.119 e. The Morgan fingerprint density at radius 2 is 1.90 bits per heavy atom. The average molecular weight is 288 g/mol. The third-order valence-corrected chi connectivity index (χ3v) is 5.35. The van der Waals surface area contributed by atoms with Crippen LogP contribution in [0.2, 0.25) is 0 Å². The molecule has 3 rings (SSSR count). The molecule has 1 aliphatic heterocycles. The van der Waals surface area contributed by atoms with E-state index in [1.54, 1.807) is 0 Å². The van der Waals surface area contributed by atoms with Crippen LogP contribution >= 0.6 is 0 Å². The zero-order valence-electron chi connectivity index (χ0n) is 13.4. The monoisotopic (exact) mass is 288 g/mol. The van der Waals surface area contributed by atoms with Gasteiger partial charge >= 0.3 is 0 Å². The highest BCUT2D eigenvalue weighted by Crippen LogP contribution is 2.43. The molecule has 21 heavy (non-hydrogen) atoms. The third kappa shape index (κ3) is 3.42. The summed E-state index contributed by atoms with van der Waals surface area (Å²) in [5, 5.41) is 0. The molecule has 2 aliphatic rings. The first-order valence-electron chi connectivity index (χ1n) is 8.61. The SMILES string of the molecule is CCC(C)c1ccc(OCC2CCC3(CCCC3)O2)cc1. The van der Waals surface area contributed by atoms with Gasteiger partial charge in [-0.15, -0.1) is 0 Å². The van der Waals surface area contributed by atoms with E-state index in [4.69, 9.17) is 9.47 Å². The first-order valence-corrected chi connectivity index (χ1v) is 8.61. The van der Waals surface area contributed by atoms with Crippen molar-refractivity contribution in [2.75, 3.05) is 6.61 Å². The Kier molecular flexibility index (Phi) is 4.54. The van der Waals surface area contributed by atoms with Crippen LogP contribution < -0.4 is 4.74 Å². The van der Waals surface area contributed by atoms with Gasteiger partial charge in [-0.2, -0.15) is 0 Å². The van der Waals surface area contributed by atoms with Crippen molar-refractivity contribution in [1.82, 2.24) is 0 Å². The van der Waals surface area contributed by atoms with Crippen LogP contribution in [0.5, 0.6) is 5.75 Å². The van der Waals surface area contributed by atoms with E-state index >= 15 is 0 Å². The molecule has 0 aromatic heterocycles. The number of benzene rings is 1. The fourth-order valence-electron chi connectivity index (χ4n) is 3.72. The number of hydrogen-bond donors (Lipinski definition) is 0. The third-order valence-electron chi connectivity index (χ3n) is 5.35. The highest BCUT2D eigenvalue weighted by molar-refractivity contribution is 5.29. The van der Waals surface area contributed by atoms with E-state index in [1.807, 2.05) is 0 Å². The molecule has 0 amide bonds. The summed E-state index contributed by atoms with van der Waals surface area (Å²) in [5.74, 6) is 1.59. The summed E-state index contributed by atoms with van der Waals surface area (Å²) in [6.45, 7) is 5.19. The van der Waals surface area contributed by atoms with E-state index in [0.29, 0.717) is 12.5 Å². The second-order valence-corrected chi connectivity index (χ2v) is 6.86. The molecule has 1 aromatic carbocycles. The topological polar surface area (TPSA) is 18.5 Å². The van der Waals surface area contributed by atoms with Crippen LogP contribution in [0.25, 0.3) is 0 Å². The molecule has 2 unspecified atom stereocenters. The number of ether oxygens (including phenoxy) is 2. The van der Waals surface area contributed by atoms with E-state index < -0.39 is 0 Å². The van der Waals surface area contributed by atoms with Crippen molar-refractivity contribution >= 4 is 0 Å². The second-order valence-electron chi connectivity index (χ2n) is 6.86. The minimum absolute atomic E-state index is 0.217. The van der Waals surface area contributed by atoms with Crippen molar-refractivity contribution in [3.8, 4) is 5.75 Å². The molecule has 0 bridgehead atoms. The molecule has 1 aromatic rings. The Morgan fingerprint density at radius 3 is 2.57 bits per heavy atom. The summed E-state index contributed by atoms with van der Waals surface area (Å²) in [6.07, 6.45) is 9.05. The van der Waals surface area contributed by atoms with Gasteiger partial charge in [0.25, 0.3) is 0 Å². The van der Waals surface area contributed by atoms with Gasteiger partial charge in [-0.25, -0.2) is 0 Å². The summed E-state index contributed by atoms with van der Waals surface area (Å²) in [7, 11) is 0. The summed E-state index contributed by atoms with van der Waals surface area (Å²) >= 11 is 0. The van der Waals surface area contributed by atoms with Crippen LogP contribution in [0.1, 0.15) is 70.3 Å². The van der Waals surface area contributed by atoms with Gasteiger partial charge in [0, 0.05) is 0 Å². The second kappa shape index (κ2) is 6.39. The van der Waals surface area contributed by atoms with E-state index in [-0.39, 0.29) is 11.7 Å². The summed E-state index contributed by atoms with van der Waals surface area (Å²) in [6, 6.07) is 8.58. The molecule has 1 aliphatic carbocycles. The van der Waals surface area contributed by atoms with Gasteiger partial charge in [-0.05, 0) is 55.7 Å². The summed E-state index contributed by atoms with van der Waals surface area (Å²) in [4.78, 5) is 0. The Hall–Kier alpha value is -1.02. The fourth-order valence-corrected chi connectivity index (χ4v) is 3.72. The van der Waals surface area contributed by atoms with Crippen LogP contribution in [0.15, 0.2) is 24.3 Å². The molecule has 0 radical (unpaired) electrons. The van der Waals surface area contributed by atoms with Gasteiger partial charge in [-0.1, -0.05) is 38.8 Å². The number of rotatable bonds is 5. The van der Waals surface area contributed by atoms with Crippen LogP contribution in [-0.2, 0) is 4.74 Å². The molecule has 1 heterocycles. The van der Waals surface area contributed by atoms with Crippen molar-refractivity contribution in [1.29, 1.82) is 0 Å². The molecule has 116 valence electrons. The molecular formula is C19H28O2. The van der Waals surface area contributed by atoms with Gasteiger partial charge in [-0.3, -0.25) is 0 Å². The van der Waals surface area contributed by atoms with Gasteiger partial charge in [0.15, 0.2) is 0 Å². The van der Waals surface area contributed by atoms with Crippen molar-refractivity contribution in [3.63, 3.8) is 0 Å². The predicted molar refractivity (Wildman–Crippen MR) is 85.9 cm³/mol. The minimum Gasteiger partial charge on any atom is -0.491 e. The van der Waals surface area contributed by atoms with Gasteiger partial charge in [0.05, 0.1) is 11.7 Å². The quantitative estimate of drug-likeness (QED) is 0.753. The molecule has 0 N–H and O–H groups in total. The van der Waals surface area contributed by atoms with Crippen LogP contribution in [0.3, 0.4) is 0 Å². The first kappa shape index (κ1) is 14.9. The van der Waals surface area contributed by atoms with Gasteiger partial charge in [0.1, 0.15) is 12.4 Å². The van der Waals surface area contributed by atoms with E-state index in [1.165, 1.54) is 44.1 Å². The van der Waals surface area contributed by atoms with Crippen molar-refractivity contribution < 1.29 is 9.47 Å². The van der Waals surface area contributed by atoms with E-state index in [9.17, 15) is 0 Å². The fraction of sp³-hybridized carbons (Fsp3) is 0.684. The van der Waals surface area contributed by atoms with Crippen LogP contribution in [0.4, 0.5) is 0 Å². The Morgan fingerprint density at radius 1 is 1.19 bits per heavy atom. The van der Waals surface area contributed by atoms with Crippen LogP contribution in [0, 0.1) is 0 Å². The molecule has 2 atom stereocenters. The number of hydrogen-bond acceptors (Lipinski definition) is 2. The molecule has 1 saturated carbocycles. The van der Waals surface area contributed by atoms with Crippen molar-refractivity contribution in [2.45, 2.75) is 76.4 Å². The molecule has 1 saturated heterocycles. The summed E-state index contributed by atoms with van der Waals surface area (Å²) < 4.78 is 12.2. The summed E-state index contributed by atoms with van der Waals surface area (Å²) in [5.41, 5.74) is 1.61. The van der Waals surface area contributed by atoms with Gasteiger partial charge in [0.2, 0.25) is 0 Å².